The highest BCUT2D eigenvalue weighted by atomic mass is 19.1. The molecule has 1 aliphatic carbocycles. The summed E-state index contributed by atoms with van der Waals surface area (Å²) in [7, 11) is 0. The monoisotopic (exact) mass is 383 g/mol. The van der Waals surface area contributed by atoms with Gasteiger partial charge in [0.2, 0.25) is 0 Å². The van der Waals surface area contributed by atoms with Gasteiger partial charge in [-0.3, -0.25) is 14.6 Å². The van der Waals surface area contributed by atoms with Gasteiger partial charge in [-0.15, -0.1) is 0 Å². The van der Waals surface area contributed by atoms with E-state index >= 15 is 0 Å². The largest absolute Gasteiger partial charge is 0.352 e. The molecule has 3 rings (SSSR count). The van der Waals surface area contributed by atoms with Crippen LogP contribution in [0.5, 0.6) is 0 Å². The molecule has 1 saturated carbocycles. The maximum Gasteiger partial charge on any atom is 0.252 e. The van der Waals surface area contributed by atoms with E-state index in [0.717, 1.165) is 19.3 Å². The van der Waals surface area contributed by atoms with E-state index in [1.165, 1.54) is 12.3 Å². The normalized spacial score (nSPS) is 13.5. The Kier molecular flexibility index (Phi) is 6.07. The zero-order valence-electron chi connectivity index (χ0n) is 16.5. The number of nitrogens with zero attached hydrogens (tertiary/aromatic N) is 1. The first-order chi connectivity index (χ1) is 13.3. The molecule has 2 amide bonds. The Morgan fingerprint density at radius 2 is 1.93 bits per heavy atom. The van der Waals surface area contributed by atoms with E-state index in [-0.39, 0.29) is 23.4 Å². The van der Waals surface area contributed by atoms with Gasteiger partial charge in [-0.25, -0.2) is 4.39 Å². The summed E-state index contributed by atoms with van der Waals surface area (Å²) < 4.78 is 14.4. The number of amides is 2. The molecule has 1 aromatic heterocycles. The van der Waals surface area contributed by atoms with Gasteiger partial charge in [0.05, 0.1) is 11.3 Å². The smallest absolute Gasteiger partial charge is 0.252 e. The van der Waals surface area contributed by atoms with Gasteiger partial charge < -0.3 is 10.6 Å². The van der Waals surface area contributed by atoms with Crippen molar-refractivity contribution < 1.29 is 14.0 Å². The van der Waals surface area contributed by atoms with Crippen LogP contribution in [0.25, 0.3) is 11.3 Å². The molecule has 0 spiro atoms. The summed E-state index contributed by atoms with van der Waals surface area (Å²) in [6, 6.07) is 6.46. The summed E-state index contributed by atoms with van der Waals surface area (Å²) in [5, 5.41) is 5.73. The van der Waals surface area contributed by atoms with Crippen LogP contribution in [0, 0.1) is 18.7 Å². The maximum atomic E-state index is 14.4. The Labute approximate surface area is 164 Å². The predicted octanol–water partition coefficient (Wildman–Crippen LogP) is 3.86. The van der Waals surface area contributed by atoms with Crippen molar-refractivity contribution in [3.8, 4) is 11.3 Å². The predicted molar refractivity (Wildman–Crippen MR) is 107 cm³/mol. The van der Waals surface area contributed by atoms with Crippen LogP contribution in [-0.4, -0.2) is 29.4 Å². The van der Waals surface area contributed by atoms with E-state index < -0.39 is 5.82 Å². The fourth-order valence-corrected chi connectivity index (χ4v) is 2.84. The average molecular weight is 383 g/mol. The molecule has 148 valence electrons. The third-order valence-corrected chi connectivity index (χ3v) is 4.83. The van der Waals surface area contributed by atoms with E-state index in [2.05, 4.69) is 29.5 Å². The van der Waals surface area contributed by atoms with Crippen molar-refractivity contribution in [1.82, 2.24) is 15.6 Å². The number of rotatable bonds is 7. The highest BCUT2D eigenvalue weighted by Gasteiger charge is 2.24. The zero-order chi connectivity index (χ0) is 20.3. The van der Waals surface area contributed by atoms with Crippen molar-refractivity contribution in [3.63, 3.8) is 0 Å². The molecular weight excluding hydrogens is 357 g/mol. The van der Waals surface area contributed by atoms with Crippen LogP contribution in [0.15, 0.2) is 30.5 Å². The van der Waals surface area contributed by atoms with Crippen molar-refractivity contribution in [2.45, 2.75) is 46.1 Å². The number of hydrogen-bond acceptors (Lipinski definition) is 3. The van der Waals surface area contributed by atoms with Crippen LogP contribution in [0.2, 0.25) is 0 Å². The standard InChI is InChI=1S/C22H26FN3O2/c1-13(2)8-9-24-21(27)15-4-7-20(25-12-15)18-10-16(11-19(23)14(18)3)22(28)26-17-5-6-17/h4,7,10-13,17H,5-6,8-9H2,1-3H3,(H,24,27)(H,26,28). The molecule has 6 heteroatoms. The maximum absolute atomic E-state index is 14.4. The molecule has 1 fully saturated rings. The number of benzene rings is 1. The number of carbonyl (C=O) groups excluding carboxylic acids is 2. The molecule has 1 aliphatic rings. The molecule has 1 heterocycles. The lowest BCUT2D eigenvalue weighted by atomic mass is 10.00. The van der Waals surface area contributed by atoms with Crippen molar-refractivity contribution in [2.24, 2.45) is 5.92 Å². The van der Waals surface area contributed by atoms with E-state index in [1.807, 2.05) is 0 Å². The van der Waals surface area contributed by atoms with Crippen molar-refractivity contribution >= 4 is 11.8 Å². The van der Waals surface area contributed by atoms with Crippen molar-refractivity contribution in [2.75, 3.05) is 6.54 Å². The van der Waals surface area contributed by atoms with Gasteiger partial charge in [0.15, 0.2) is 0 Å². The van der Waals surface area contributed by atoms with E-state index in [1.54, 1.807) is 25.1 Å². The lowest BCUT2D eigenvalue weighted by Gasteiger charge is -2.11. The summed E-state index contributed by atoms with van der Waals surface area (Å²) in [4.78, 5) is 28.8. The van der Waals surface area contributed by atoms with Gasteiger partial charge in [0.25, 0.3) is 11.8 Å². The molecule has 0 aliphatic heterocycles. The Morgan fingerprint density at radius 3 is 2.54 bits per heavy atom. The number of hydrogen-bond donors (Lipinski definition) is 2. The summed E-state index contributed by atoms with van der Waals surface area (Å²) >= 11 is 0. The second-order valence-corrected chi connectivity index (χ2v) is 7.75. The molecule has 0 atom stereocenters. The van der Waals surface area contributed by atoms with Gasteiger partial charge in [-0.05, 0) is 61.9 Å². The van der Waals surface area contributed by atoms with E-state index in [4.69, 9.17) is 0 Å². The summed E-state index contributed by atoms with van der Waals surface area (Å²) in [6.07, 6.45) is 4.32. The van der Waals surface area contributed by atoms with Crippen LogP contribution in [0.1, 0.15) is 59.4 Å². The first-order valence-electron chi connectivity index (χ1n) is 9.70. The van der Waals surface area contributed by atoms with Crippen molar-refractivity contribution in [3.05, 3.63) is 53.0 Å². The minimum atomic E-state index is -0.448. The van der Waals surface area contributed by atoms with Crippen LogP contribution in [-0.2, 0) is 0 Å². The minimum Gasteiger partial charge on any atom is -0.352 e. The molecule has 0 saturated heterocycles. The summed E-state index contributed by atoms with van der Waals surface area (Å²) in [5.74, 6) is -0.386. The molecule has 5 nitrogen and oxygen atoms in total. The fraction of sp³-hybridized carbons (Fsp3) is 0.409. The summed E-state index contributed by atoms with van der Waals surface area (Å²) in [6.45, 7) is 6.47. The van der Waals surface area contributed by atoms with Crippen LogP contribution >= 0.6 is 0 Å². The Bertz CT molecular complexity index is 874. The van der Waals surface area contributed by atoms with Crippen LogP contribution < -0.4 is 10.6 Å². The van der Waals surface area contributed by atoms with Gasteiger partial charge in [-0.1, -0.05) is 13.8 Å². The Balaban J connectivity index is 1.78. The average Bonchev–Trinajstić information content (AvgIpc) is 3.47. The lowest BCUT2D eigenvalue weighted by Crippen LogP contribution is -2.25. The highest BCUT2D eigenvalue weighted by Crippen LogP contribution is 2.26. The zero-order valence-corrected chi connectivity index (χ0v) is 16.5. The molecule has 28 heavy (non-hydrogen) atoms. The van der Waals surface area contributed by atoms with E-state index in [9.17, 15) is 14.0 Å². The van der Waals surface area contributed by atoms with Crippen LogP contribution in [0.4, 0.5) is 4.39 Å². The first-order valence-corrected chi connectivity index (χ1v) is 9.70. The quantitative estimate of drug-likeness (QED) is 0.763. The minimum absolute atomic E-state index is 0.180. The first kappa shape index (κ1) is 20.0. The van der Waals surface area contributed by atoms with Gasteiger partial charge in [0.1, 0.15) is 5.82 Å². The Morgan fingerprint density at radius 1 is 1.18 bits per heavy atom. The number of carbonyl (C=O) groups is 2. The number of aromatic nitrogens is 1. The molecule has 0 radical (unpaired) electrons. The Hall–Kier alpha value is -2.76. The van der Waals surface area contributed by atoms with Crippen molar-refractivity contribution in [1.29, 1.82) is 0 Å². The molecule has 2 aromatic rings. The molecule has 0 unspecified atom stereocenters. The number of halogens is 1. The fourth-order valence-electron chi connectivity index (χ4n) is 2.84. The molecule has 0 bridgehead atoms. The topological polar surface area (TPSA) is 71.1 Å². The second-order valence-electron chi connectivity index (χ2n) is 7.75. The SMILES string of the molecule is Cc1c(F)cc(C(=O)NC2CC2)cc1-c1ccc(C(=O)NCCC(C)C)cn1. The number of pyridine rings is 1. The summed E-state index contributed by atoms with van der Waals surface area (Å²) in [5.41, 5.74) is 2.23. The van der Waals surface area contributed by atoms with E-state index in [0.29, 0.717) is 34.8 Å². The van der Waals surface area contributed by atoms with Gasteiger partial charge >= 0.3 is 0 Å². The molecular formula is C22H26FN3O2. The molecule has 2 N–H and O–H groups in total. The lowest BCUT2D eigenvalue weighted by molar-refractivity contribution is 0.0943. The van der Waals surface area contributed by atoms with Crippen LogP contribution in [0.3, 0.4) is 0 Å². The second kappa shape index (κ2) is 8.50. The highest BCUT2D eigenvalue weighted by molar-refractivity contribution is 5.96. The van der Waals surface area contributed by atoms with Gasteiger partial charge in [0, 0.05) is 29.9 Å². The molecule has 1 aromatic carbocycles. The number of nitrogens with one attached hydrogen (secondary N) is 2. The third-order valence-electron chi connectivity index (χ3n) is 4.83. The third kappa shape index (κ3) is 4.94. The van der Waals surface area contributed by atoms with Gasteiger partial charge in [-0.2, -0.15) is 0 Å².